The van der Waals surface area contributed by atoms with Crippen molar-refractivity contribution < 1.29 is 23.7 Å². The molecule has 1 aliphatic heterocycles. The van der Waals surface area contributed by atoms with Crippen LogP contribution in [0, 0.1) is 0 Å². The second kappa shape index (κ2) is 9.13. The summed E-state index contributed by atoms with van der Waals surface area (Å²) in [5.74, 6) is 2.50. The molecule has 0 radical (unpaired) electrons. The molecule has 0 saturated carbocycles. The van der Waals surface area contributed by atoms with Crippen LogP contribution in [-0.4, -0.2) is 50.5 Å². The highest BCUT2D eigenvalue weighted by atomic mass is 16.5. The van der Waals surface area contributed by atoms with Gasteiger partial charge in [-0.25, -0.2) is 4.79 Å². The molecule has 2 heterocycles. The first kappa shape index (κ1) is 21.4. The lowest BCUT2D eigenvalue weighted by Crippen LogP contribution is -2.44. The van der Waals surface area contributed by atoms with Crippen LogP contribution in [0.1, 0.15) is 17.3 Å². The fourth-order valence-corrected chi connectivity index (χ4v) is 4.08. The minimum absolute atomic E-state index is 0.215. The van der Waals surface area contributed by atoms with Crippen LogP contribution in [0.4, 0.5) is 10.5 Å². The maximum atomic E-state index is 13.4. The molecule has 0 fully saturated rings. The molecule has 1 N–H and O–H groups in total. The largest absolute Gasteiger partial charge is 0.497 e. The summed E-state index contributed by atoms with van der Waals surface area (Å²) >= 11 is 0. The Kier molecular flexibility index (Phi) is 6.11. The molecule has 1 aromatic heterocycles. The van der Waals surface area contributed by atoms with Gasteiger partial charge in [0.25, 0.3) is 0 Å². The fraction of sp³-hybridized carbons (Fsp3) is 0.292. The molecule has 8 nitrogen and oxygen atoms in total. The van der Waals surface area contributed by atoms with Gasteiger partial charge in [0.05, 0.1) is 28.4 Å². The zero-order valence-electron chi connectivity index (χ0n) is 18.6. The van der Waals surface area contributed by atoms with E-state index in [4.69, 9.17) is 18.9 Å². The van der Waals surface area contributed by atoms with Gasteiger partial charge in [0, 0.05) is 48.4 Å². The number of hydrogen-bond acceptors (Lipinski definition) is 5. The Morgan fingerprint density at radius 1 is 0.875 bits per heavy atom. The highest BCUT2D eigenvalue weighted by Gasteiger charge is 2.34. The molecule has 0 aliphatic carbocycles. The Morgan fingerprint density at radius 3 is 2.38 bits per heavy atom. The van der Waals surface area contributed by atoms with Gasteiger partial charge in [0.15, 0.2) is 11.5 Å². The number of fused-ring (bicyclic) bond motifs is 1. The third kappa shape index (κ3) is 3.91. The molecule has 32 heavy (non-hydrogen) atoms. The Morgan fingerprint density at radius 2 is 1.66 bits per heavy atom. The van der Waals surface area contributed by atoms with Gasteiger partial charge < -0.3 is 33.7 Å². The molecule has 168 valence electrons. The number of amides is 2. The minimum Gasteiger partial charge on any atom is -0.497 e. The van der Waals surface area contributed by atoms with Crippen LogP contribution in [0.25, 0.3) is 0 Å². The number of hydrogen-bond donors (Lipinski definition) is 1. The van der Waals surface area contributed by atoms with E-state index in [0.717, 1.165) is 11.3 Å². The second-order valence-electron chi connectivity index (χ2n) is 7.33. The Labute approximate surface area is 187 Å². The molecule has 8 heteroatoms. The summed E-state index contributed by atoms with van der Waals surface area (Å²) in [5, 5.41) is 3.00. The maximum absolute atomic E-state index is 13.4. The molecule has 3 aromatic rings. The van der Waals surface area contributed by atoms with Crippen molar-refractivity contribution >= 4 is 11.7 Å². The van der Waals surface area contributed by atoms with Crippen molar-refractivity contribution in [1.29, 1.82) is 0 Å². The molecular weight excluding hydrogens is 410 g/mol. The van der Waals surface area contributed by atoms with E-state index in [1.165, 1.54) is 0 Å². The summed E-state index contributed by atoms with van der Waals surface area (Å²) in [5.41, 5.74) is 2.52. The van der Waals surface area contributed by atoms with E-state index in [1.54, 1.807) is 46.6 Å². The van der Waals surface area contributed by atoms with E-state index < -0.39 is 0 Å². The molecule has 2 aromatic carbocycles. The lowest BCUT2D eigenvalue weighted by molar-refractivity contribution is 0.180. The number of anilines is 1. The average molecular weight is 437 g/mol. The lowest BCUT2D eigenvalue weighted by atomic mass is 9.99. The van der Waals surface area contributed by atoms with Crippen molar-refractivity contribution in [3.05, 3.63) is 66.0 Å². The summed E-state index contributed by atoms with van der Waals surface area (Å²) in [6, 6.07) is 14.4. The number of rotatable bonds is 6. The quantitative estimate of drug-likeness (QED) is 0.627. The molecule has 4 rings (SSSR count). The Balaban J connectivity index is 1.69. The Bertz CT molecular complexity index is 1110. The third-order valence-electron chi connectivity index (χ3n) is 5.67. The molecule has 2 amide bonds. The van der Waals surface area contributed by atoms with Crippen LogP contribution < -0.4 is 24.3 Å². The number of nitrogens with zero attached hydrogens (tertiary/aromatic N) is 2. The molecule has 0 saturated heterocycles. The SMILES string of the molecule is COc1ccc(C2c3cccn3CCN2C(=O)Nc2ccc(OC)c(OC)c2)c(OC)c1. The van der Waals surface area contributed by atoms with E-state index in [2.05, 4.69) is 9.88 Å². The van der Waals surface area contributed by atoms with Crippen molar-refractivity contribution in [1.82, 2.24) is 9.47 Å². The summed E-state index contributed by atoms with van der Waals surface area (Å²) in [7, 11) is 6.37. The molecule has 1 unspecified atom stereocenters. The number of aromatic nitrogens is 1. The first-order valence-electron chi connectivity index (χ1n) is 10.3. The van der Waals surface area contributed by atoms with Crippen molar-refractivity contribution in [3.63, 3.8) is 0 Å². The summed E-state index contributed by atoms with van der Waals surface area (Å²) in [6.45, 7) is 1.25. The van der Waals surface area contributed by atoms with Crippen molar-refractivity contribution in [2.45, 2.75) is 12.6 Å². The highest BCUT2D eigenvalue weighted by Crippen LogP contribution is 2.39. The van der Waals surface area contributed by atoms with Crippen LogP contribution in [0.5, 0.6) is 23.0 Å². The summed E-state index contributed by atoms with van der Waals surface area (Å²) in [6.07, 6.45) is 2.03. The molecule has 1 aliphatic rings. The van der Waals surface area contributed by atoms with Gasteiger partial charge in [0.2, 0.25) is 0 Å². The average Bonchev–Trinajstić information content (AvgIpc) is 3.31. The van der Waals surface area contributed by atoms with Crippen LogP contribution in [-0.2, 0) is 6.54 Å². The van der Waals surface area contributed by atoms with Crippen LogP contribution in [0.2, 0.25) is 0 Å². The first-order chi connectivity index (χ1) is 15.6. The van der Waals surface area contributed by atoms with Crippen LogP contribution in [0.3, 0.4) is 0 Å². The van der Waals surface area contributed by atoms with Gasteiger partial charge in [-0.05, 0) is 36.4 Å². The van der Waals surface area contributed by atoms with Crippen LogP contribution >= 0.6 is 0 Å². The fourth-order valence-electron chi connectivity index (χ4n) is 4.08. The van der Waals surface area contributed by atoms with Gasteiger partial charge in [-0.1, -0.05) is 0 Å². The van der Waals surface area contributed by atoms with Crippen LogP contribution in [0.15, 0.2) is 54.7 Å². The standard InChI is InChI=1S/C24H27N3O5/c1-29-17-8-9-18(21(15-17)31-3)23-19-6-5-11-26(19)12-13-27(23)24(28)25-16-7-10-20(30-2)22(14-16)32-4/h5-11,14-15,23H,12-13H2,1-4H3,(H,25,28). The zero-order chi connectivity index (χ0) is 22.7. The van der Waals surface area contributed by atoms with Crippen molar-refractivity contribution in [2.75, 3.05) is 40.3 Å². The summed E-state index contributed by atoms with van der Waals surface area (Å²) in [4.78, 5) is 15.2. The van der Waals surface area contributed by atoms with Gasteiger partial charge >= 0.3 is 6.03 Å². The van der Waals surface area contributed by atoms with Gasteiger partial charge in [-0.2, -0.15) is 0 Å². The zero-order valence-corrected chi connectivity index (χ0v) is 18.6. The van der Waals surface area contributed by atoms with Gasteiger partial charge in [0.1, 0.15) is 17.5 Å². The van der Waals surface area contributed by atoms with Gasteiger partial charge in [-0.3, -0.25) is 0 Å². The molecular formula is C24H27N3O5. The van der Waals surface area contributed by atoms with E-state index in [9.17, 15) is 4.79 Å². The predicted molar refractivity (Wildman–Crippen MR) is 121 cm³/mol. The number of carbonyl (C=O) groups is 1. The topological polar surface area (TPSA) is 74.2 Å². The number of carbonyl (C=O) groups excluding carboxylic acids is 1. The normalized spacial score (nSPS) is 15.0. The lowest BCUT2D eigenvalue weighted by Gasteiger charge is -2.37. The highest BCUT2D eigenvalue weighted by molar-refractivity contribution is 5.90. The molecule has 1 atom stereocenters. The van der Waals surface area contributed by atoms with E-state index in [0.29, 0.717) is 41.8 Å². The Hall–Kier alpha value is -3.81. The van der Waals surface area contributed by atoms with Crippen molar-refractivity contribution in [3.8, 4) is 23.0 Å². The third-order valence-corrected chi connectivity index (χ3v) is 5.67. The number of methoxy groups -OCH3 is 4. The first-order valence-corrected chi connectivity index (χ1v) is 10.3. The number of urea groups is 1. The molecule has 0 spiro atoms. The second-order valence-corrected chi connectivity index (χ2v) is 7.33. The predicted octanol–water partition coefficient (Wildman–Crippen LogP) is 4.16. The van der Waals surface area contributed by atoms with E-state index >= 15 is 0 Å². The number of nitrogens with one attached hydrogen (secondary N) is 1. The number of ether oxygens (including phenoxy) is 4. The smallest absolute Gasteiger partial charge is 0.322 e. The number of benzene rings is 2. The minimum atomic E-state index is -0.320. The van der Waals surface area contributed by atoms with Crippen molar-refractivity contribution in [2.24, 2.45) is 0 Å². The summed E-state index contributed by atoms with van der Waals surface area (Å²) < 4.78 is 23.8. The molecule has 0 bridgehead atoms. The monoisotopic (exact) mass is 437 g/mol. The van der Waals surface area contributed by atoms with E-state index in [1.807, 2.05) is 41.4 Å². The van der Waals surface area contributed by atoms with Gasteiger partial charge in [-0.15, -0.1) is 0 Å². The maximum Gasteiger partial charge on any atom is 0.322 e. The van der Waals surface area contributed by atoms with E-state index in [-0.39, 0.29) is 12.1 Å².